The third kappa shape index (κ3) is 3.32. The highest BCUT2D eigenvalue weighted by atomic mass is 19.1. The van der Waals surface area contributed by atoms with E-state index in [1.165, 1.54) is 24.3 Å². The summed E-state index contributed by atoms with van der Waals surface area (Å²) in [5.74, 6) is -1.31. The van der Waals surface area contributed by atoms with E-state index in [2.05, 4.69) is 5.10 Å². The fraction of sp³-hybridized carbons (Fsp3) is 0.167. The largest absolute Gasteiger partial charge is 0.437 e. The molecule has 0 fully saturated rings. The number of aromatic nitrogens is 2. The average Bonchev–Trinajstić information content (AvgIpc) is 2.96. The van der Waals surface area contributed by atoms with Crippen LogP contribution < -0.4 is 5.76 Å². The first-order valence-electron chi connectivity index (χ1n) is 7.53. The molecule has 0 bridgehead atoms. The van der Waals surface area contributed by atoms with E-state index < -0.39 is 11.6 Å². The van der Waals surface area contributed by atoms with Crippen molar-refractivity contribution in [1.29, 1.82) is 0 Å². The van der Waals surface area contributed by atoms with E-state index in [1.54, 1.807) is 12.1 Å². The molecule has 0 amide bonds. The van der Waals surface area contributed by atoms with Crippen LogP contribution in [0.1, 0.15) is 22.8 Å². The number of Topliss-reactive ketones (excluding diaryl/α,β-unsaturated/α-hetero) is 1. The molecular formula is C18H15FN2O3. The van der Waals surface area contributed by atoms with Gasteiger partial charge in [-0.05, 0) is 36.2 Å². The van der Waals surface area contributed by atoms with E-state index >= 15 is 0 Å². The Hall–Kier alpha value is -3.02. The van der Waals surface area contributed by atoms with Crippen LogP contribution in [0.3, 0.4) is 0 Å². The standard InChI is InChI=1S/C18H15FN2O3/c1-2-12-3-5-13(6-4-12)16(22)11-21-18(23)24-17(20-21)14-7-9-15(19)10-8-14/h3-10H,2,11H2,1H3. The summed E-state index contributed by atoms with van der Waals surface area (Å²) in [6, 6.07) is 12.6. The van der Waals surface area contributed by atoms with E-state index in [4.69, 9.17) is 4.42 Å². The molecule has 0 aliphatic carbocycles. The number of halogens is 1. The molecule has 0 unspecified atom stereocenters. The van der Waals surface area contributed by atoms with Gasteiger partial charge in [0.05, 0.1) is 0 Å². The molecule has 5 nitrogen and oxygen atoms in total. The smallest absolute Gasteiger partial charge is 0.388 e. The zero-order valence-corrected chi connectivity index (χ0v) is 13.0. The van der Waals surface area contributed by atoms with E-state index in [0.29, 0.717) is 11.1 Å². The third-order valence-corrected chi connectivity index (χ3v) is 3.67. The topological polar surface area (TPSA) is 65.1 Å². The lowest BCUT2D eigenvalue weighted by atomic mass is 10.1. The first-order chi connectivity index (χ1) is 11.6. The molecule has 0 aliphatic rings. The van der Waals surface area contributed by atoms with Crippen molar-refractivity contribution >= 4 is 5.78 Å². The number of carbonyl (C=O) groups is 1. The zero-order valence-electron chi connectivity index (χ0n) is 13.0. The molecule has 2 aromatic carbocycles. The zero-order chi connectivity index (χ0) is 17.1. The second-order valence-corrected chi connectivity index (χ2v) is 5.31. The number of nitrogens with zero attached hydrogens (tertiary/aromatic N) is 2. The average molecular weight is 326 g/mol. The first-order valence-corrected chi connectivity index (χ1v) is 7.53. The highest BCUT2D eigenvalue weighted by Gasteiger charge is 2.14. The Balaban J connectivity index is 1.81. The Kier molecular flexibility index (Phi) is 4.37. The Labute approximate surface area is 137 Å². The molecule has 0 atom stereocenters. The monoisotopic (exact) mass is 326 g/mol. The van der Waals surface area contributed by atoms with Gasteiger partial charge in [-0.2, -0.15) is 4.68 Å². The molecular weight excluding hydrogens is 311 g/mol. The van der Waals surface area contributed by atoms with Gasteiger partial charge >= 0.3 is 5.76 Å². The van der Waals surface area contributed by atoms with E-state index in [-0.39, 0.29) is 18.2 Å². The summed E-state index contributed by atoms with van der Waals surface area (Å²) >= 11 is 0. The molecule has 122 valence electrons. The molecule has 0 saturated heterocycles. The lowest BCUT2D eigenvalue weighted by Gasteiger charge is -2.01. The minimum absolute atomic E-state index is 0.0501. The van der Waals surface area contributed by atoms with Gasteiger partial charge in [0.25, 0.3) is 0 Å². The molecule has 0 radical (unpaired) electrons. The lowest BCUT2D eigenvalue weighted by molar-refractivity contribution is 0.0965. The summed E-state index contributed by atoms with van der Waals surface area (Å²) < 4.78 is 18.9. The molecule has 1 aromatic heterocycles. The number of hydrogen-bond acceptors (Lipinski definition) is 4. The minimum atomic E-state index is -0.729. The van der Waals surface area contributed by atoms with Crippen molar-refractivity contribution in [2.75, 3.05) is 0 Å². The van der Waals surface area contributed by atoms with Crippen molar-refractivity contribution in [2.45, 2.75) is 19.9 Å². The normalized spacial score (nSPS) is 10.8. The summed E-state index contributed by atoms with van der Waals surface area (Å²) in [6.07, 6.45) is 0.887. The van der Waals surface area contributed by atoms with Crippen molar-refractivity contribution in [3.8, 4) is 11.5 Å². The van der Waals surface area contributed by atoms with Crippen molar-refractivity contribution in [3.63, 3.8) is 0 Å². The molecule has 0 N–H and O–H groups in total. The number of hydrogen-bond donors (Lipinski definition) is 0. The van der Waals surface area contributed by atoms with Crippen LogP contribution in [0.5, 0.6) is 0 Å². The summed E-state index contributed by atoms with van der Waals surface area (Å²) in [6.45, 7) is 1.82. The summed E-state index contributed by atoms with van der Waals surface area (Å²) in [7, 11) is 0. The highest BCUT2D eigenvalue weighted by Crippen LogP contribution is 2.15. The molecule has 0 spiro atoms. The van der Waals surface area contributed by atoms with Gasteiger partial charge in [0.1, 0.15) is 12.4 Å². The Morgan fingerprint density at radius 2 is 1.79 bits per heavy atom. The maximum Gasteiger partial charge on any atom is 0.437 e. The van der Waals surface area contributed by atoms with E-state index in [1.807, 2.05) is 19.1 Å². The highest BCUT2D eigenvalue weighted by molar-refractivity contribution is 5.95. The minimum Gasteiger partial charge on any atom is -0.388 e. The van der Waals surface area contributed by atoms with Gasteiger partial charge in [0.2, 0.25) is 5.89 Å². The van der Waals surface area contributed by atoms with Crippen LogP contribution in [0.2, 0.25) is 0 Å². The molecule has 3 rings (SSSR count). The molecule has 1 heterocycles. The second-order valence-electron chi connectivity index (χ2n) is 5.31. The number of benzene rings is 2. The Bertz CT molecular complexity index is 909. The summed E-state index contributed by atoms with van der Waals surface area (Å²) in [5.41, 5.74) is 2.10. The maximum atomic E-state index is 12.9. The lowest BCUT2D eigenvalue weighted by Crippen LogP contribution is -2.21. The third-order valence-electron chi connectivity index (χ3n) is 3.67. The van der Waals surface area contributed by atoms with Crippen LogP contribution in [0, 0.1) is 5.82 Å². The fourth-order valence-electron chi connectivity index (χ4n) is 2.27. The van der Waals surface area contributed by atoms with Gasteiger partial charge in [-0.15, -0.1) is 5.10 Å². The van der Waals surface area contributed by atoms with E-state index in [9.17, 15) is 14.0 Å². The molecule has 24 heavy (non-hydrogen) atoms. The predicted octanol–water partition coefficient (Wildman–Crippen LogP) is 3.09. The molecule has 0 aliphatic heterocycles. The quantitative estimate of drug-likeness (QED) is 0.676. The predicted molar refractivity (Wildman–Crippen MR) is 86.3 cm³/mol. The van der Waals surface area contributed by atoms with Crippen LogP contribution >= 0.6 is 0 Å². The van der Waals surface area contributed by atoms with Crippen molar-refractivity contribution in [1.82, 2.24) is 9.78 Å². The van der Waals surface area contributed by atoms with Gasteiger partial charge in [0, 0.05) is 11.1 Å². The van der Waals surface area contributed by atoms with Gasteiger partial charge in [-0.3, -0.25) is 4.79 Å². The number of ketones is 1. The number of aryl methyl sites for hydroxylation is 1. The van der Waals surface area contributed by atoms with Crippen molar-refractivity contribution < 1.29 is 13.6 Å². The van der Waals surface area contributed by atoms with Crippen LogP contribution in [-0.4, -0.2) is 15.6 Å². The summed E-state index contributed by atoms with van der Waals surface area (Å²) in [5, 5.41) is 4.00. The van der Waals surface area contributed by atoms with Crippen molar-refractivity contribution in [3.05, 3.63) is 76.0 Å². The second kappa shape index (κ2) is 6.62. The number of rotatable bonds is 5. The van der Waals surface area contributed by atoms with Gasteiger partial charge < -0.3 is 4.42 Å². The Morgan fingerprint density at radius 1 is 1.12 bits per heavy atom. The Morgan fingerprint density at radius 3 is 2.42 bits per heavy atom. The van der Waals surface area contributed by atoms with Gasteiger partial charge in [-0.25, -0.2) is 9.18 Å². The van der Waals surface area contributed by atoms with Crippen LogP contribution in [0.25, 0.3) is 11.5 Å². The van der Waals surface area contributed by atoms with Gasteiger partial charge in [0.15, 0.2) is 5.78 Å². The first kappa shape index (κ1) is 15.9. The van der Waals surface area contributed by atoms with Gasteiger partial charge in [-0.1, -0.05) is 31.2 Å². The van der Waals surface area contributed by atoms with Crippen molar-refractivity contribution in [2.24, 2.45) is 0 Å². The molecule has 6 heteroatoms. The van der Waals surface area contributed by atoms with Crippen LogP contribution in [0.15, 0.2) is 57.7 Å². The molecule has 3 aromatic rings. The van der Waals surface area contributed by atoms with Crippen LogP contribution in [0.4, 0.5) is 4.39 Å². The SMILES string of the molecule is CCc1ccc(C(=O)Cn2nc(-c3ccc(F)cc3)oc2=O)cc1. The summed E-state index contributed by atoms with van der Waals surface area (Å²) in [4.78, 5) is 24.1. The maximum absolute atomic E-state index is 12.9. The fourth-order valence-corrected chi connectivity index (χ4v) is 2.27. The van der Waals surface area contributed by atoms with Crippen LogP contribution in [-0.2, 0) is 13.0 Å². The molecule has 0 saturated carbocycles. The number of carbonyl (C=O) groups excluding carboxylic acids is 1. The van der Waals surface area contributed by atoms with E-state index in [0.717, 1.165) is 16.7 Å².